The highest BCUT2D eigenvalue weighted by atomic mass is 19.1. The molecule has 0 bridgehead atoms. The molecular formula is C16H25FN2. The van der Waals surface area contributed by atoms with Crippen LogP contribution in [-0.4, -0.2) is 24.5 Å². The van der Waals surface area contributed by atoms with Crippen molar-refractivity contribution in [2.45, 2.75) is 38.8 Å². The average molecular weight is 264 g/mol. The molecule has 1 aromatic carbocycles. The standard InChI is InChI=1S/C16H25FN2/c1-11(10-19(3)12(2)13-8-9-13)16(18)14-6-4-5-7-15(14)17/h4-7,11-13,16H,8-10,18H2,1-3H3. The van der Waals surface area contributed by atoms with Crippen LogP contribution in [0.4, 0.5) is 4.39 Å². The van der Waals surface area contributed by atoms with Crippen LogP contribution >= 0.6 is 0 Å². The Bertz CT molecular complexity index is 417. The van der Waals surface area contributed by atoms with E-state index in [4.69, 9.17) is 5.73 Å². The molecule has 3 heteroatoms. The van der Waals surface area contributed by atoms with Gasteiger partial charge in [0.2, 0.25) is 0 Å². The topological polar surface area (TPSA) is 29.3 Å². The molecule has 0 saturated heterocycles. The molecule has 2 nitrogen and oxygen atoms in total. The number of halogens is 1. The zero-order valence-corrected chi connectivity index (χ0v) is 12.1. The van der Waals surface area contributed by atoms with Crippen molar-refractivity contribution in [1.82, 2.24) is 4.90 Å². The minimum Gasteiger partial charge on any atom is -0.324 e. The number of nitrogens with zero attached hydrogens (tertiary/aromatic N) is 1. The van der Waals surface area contributed by atoms with Gasteiger partial charge < -0.3 is 10.6 Å². The third kappa shape index (κ3) is 3.54. The molecule has 1 fully saturated rings. The quantitative estimate of drug-likeness (QED) is 0.855. The number of nitrogens with two attached hydrogens (primary N) is 1. The van der Waals surface area contributed by atoms with Crippen molar-refractivity contribution in [2.24, 2.45) is 17.6 Å². The van der Waals surface area contributed by atoms with E-state index in [1.54, 1.807) is 12.1 Å². The van der Waals surface area contributed by atoms with Crippen molar-refractivity contribution in [3.05, 3.63) is 35.6 Å². The van der Waals surface area contributed by atoms with Crippen LogP contribution in [0.5, 0.6) is 0 Å². The predicted molar refractivity (Wildman–Crippen MR) is 77.3 cm³/mol. The third-order valence-corrected chi connectivity index (χ3v) is 4.45. The maximum Gasteiger partial charge on any atom is 0.127 e. The number of hydrogen-bond donors (Lipinski definition) is 1. The van der Waals surface area contributed by atoms with E-state index < -0.39 is 0 Å². The summed E-state index contributed by atoms with van der Waals surface area (Å²) in [4.78, 5) is 2.36. The molecular weight excluding hydrogens is 239 g/mol. The first-order valence-corrected chi connectivity index (χ1v) is 7.21. The summed E-state index contributed by atoms with van der Waals surface area (Å²) in [6, 6.07) is 7.20. The Morgan fingerprint density at radius 1 is 1.32 bits per heavy atom. The van der Waals surface area contributed by atoms with E-state index in [1.165, 1.54) is 18.9 Å². The van der Waals surface area contributed by atoms with Crippen LogP contribution in [-0.2, 0) is 0 Å². The van der Waals surface area contributed by atoms with Gasteiger partial charge in [-0.05, 0) is 44.7 Å². The lowest BCUT2D eigenvalue weighted by Crippen LogP contribution is -2.37. The highest BCUT2D eigenvalue weighted by Gasteiger charge is 2.31. The van der Waals surface area contributed by atoms with Crippen molar-refractivity contribution < 1.29 is 4.39 Å². The predicted octanol–water partition coefficient (Wildman–Crippen LogP) is 3.19. The van der Waals surface area contributed by atoms with Crippen LogP contribution in [0.2, 0.25) is 0 Å². The zero-order chi connectivity index (χ0) is 14.0. The van der Waals surface area contributed by atoms with Crippen molar-refractivity contribution >= 4 is 0 Å². The summed E-state index contributed by atoms with van der Waals surface area (Å²) in [5, 5.41) is 0. The summed E-state index contributed by atoms with van der Waals surface area (Å²) in [5.74, 6) is 0.893. The van der Waals surface area contributed by atoms with E-state index in [-0.39, 0.29) is 17.8 Å². The molecule has 106 valence electrons. The molecule has 19 heavy (non-hydrogen) atoms. The summed E-state index contributed by atoms with van der Waals surface area (Å²) < 4.78 is 13.7. The normalized spacial score (nSPS) is 20.3. The van der Waals surface area contributed by atoms with E-state index in [2.05, 4.69) is 25.8 Å². The lowest BCUT2D eigenvalue weighted by Gasteiger charge is -2.30. The molecule has 0 spiro atoms. The second kappa shape index (κ2) is 6.02. The molecule has 1 aromatic rings. The van der Waals surface area contributed by atoms with Gasteiger partial charge in [0.25, 0.3) is 0 Å². The lowest BCUT2D eigenvalue weighted by molar-refractivity contribution is 0.193. The first-order chi connectivity index (χ1) is 9.00. The highest BCUT2D eigenvalue weighted by Crippen LogP contribution is 2.35. The second-order valence-electron chi connectivity index (χ2n) is 6.04. The van der Waals surface area contributed by atoms with Gasteiger partial charge in [-0.25, -0.2) is 4.39 Å². The average Bonchev–Trinajstić information content (AvgIpc) is 3.21. The summed E-state index contributed by atoms with van der Waals surface area (Å²) >= 11 is 0. The molecule has 0 heterocycles. The van der Waals surface area contributed by atoms with Crippen LogP contribution in [0, 0.1) is 17.7 Å². The zero-order valence-electron chi connectivity index (χ0n) is 12.1. The molecule has 1 aliphatic carbocycles. The lowest BCUT2D eigenvalue weighted by atomic mass is 9.94. The Morgan fingerprint density at radius 3 is 2.53 bits per heavy atom. The van der Waals surface area contributed by atoms with E-state index in [0.717, 1.165) is 12.5 Å². The number of hydrogen-bond acceptors (Lipinski definition) is 2. The van der Waals surface area contributed by atoms with E-state index in [1.807, 2.05) is 6.07 Å². The van der Waals surface area contributed by atoms with E-state index >= 15 is 0 Å². The fraction of sp³-hybridized carbons (Fsp3) is 0.625. The summed E-state index contributed by atoms with van der Waals surface area (Å²) in [6.07, 6.45) is 2.69. The fourth-order valence-corrected chi connectivity index (χ4v) is 2.72. The van der Waals surface area contributed by atoms with E-state index in [0.29, 0.717) is 11.6 Å². The largest absolute Gasteiger partial charge is 0.324 e. The monoisotopic (exact) mass is 264 g/mol. The molecule has 0 aromatic heterocycles. The maximum absolute atomic E-state index is 13.7. The van der Waals surface area contributed by atoms with Crippen molar-refractivity contribution in [3.63, 3.8) is 0 Å². The van der Waals surface area contributed by atoms with Gasteiger partial charge >= 0.3 is 0 Å². The molecule has 1 saturated carbocycles. The third-order valence-electron chi connectivity index (χ3n) is 4.45. The smallest absolute Gasteiger partial charge is 0.127 e. The highest BCUT2D eigenvalue weighted by molar-refractivity contribution is 5.21. The minimum absolute atomic E-state index is 0.195. The van der Waals surface area contributed by atoms with Gasteiger partial charge in [0.1, 0.15) is 5.82 Å². The molecule has 0 aliphatic heterocycles. The fourth-order valence-electron chi connectivity index (χ4n) is 2.72. The molecule has 2 rings (SSSR count). The van der Waals surface area contributed by atoms with Crippen LogP contribution in [0.1, 0.15) is 38.3 Å². The van der Waals surface area contributed by atoms with Gasteiger partial charge in [-0.15, -0.1) is 0 Å². The van der Waals surface area contributed by atoms with Gasteiger partial charge in [0.15, 0.2) is 0 Å². The molecule has 3 atom stereocenters. The molecule has 1 aliphatic rings. The van der Waals surface area contributed by atoms with E-state index in [9.17, 15) is 4.39 Å². The van der Waals surface area contributed by atoms with Crippen LogP contribution in [0.25, 0.3) is 0 Å². The summed E-state index contributed by atoms with van der Waals surface area (Å²) in [6.45, 7) is 5.29. The molecule has 3 unspecified atom stereocenters. The first kappa shape index (κ1) is 14.5. The Morgan fingerprint density at radius 2 is 1.95 bits per heavy atom. The Labute approximate surface area is 115 Å². The maximum atomic E-state index is 13.7. The van der Waals surface area contributed by atoms with Crippen molar-refractivity contribution in [2.75, 3.05) is 13.6 Å². The molecule has 0 radical (unpaired) electrons. The van der Waals surface area contributed by atoms with Crippen molar-refractivity contribution in [1.29, 1.82) is 0 Å². The van der Waals surface area contributed by atoms with Gasteiger partial charge in [0.05, 0.1) is 0 Å². The summed E-state index contributed by atoms with van der Waals surface area (Å²) in [5.41, 5.74) is 6.84. The first-order valence-electron chi connectivity index (χ1n) is 7.21. The number of benzene rings is 1. The van der Waals surface area contributed by atoms with Gasteiger partial charge in [-0.1, -0.05) is 25.1 Å². The van der Waals surface area contributed by atoms with Gasteiger partial charge in [-0.2, -0.15) is 0 Å². The Balaban J connectivity index is 1.95. The second-order valence-corrected chi connectivity index (χ2v) is 6.04. The molecule has 0 amide bonds. The Kier molecular flexibility index (Phi) is 4.58. The van der Waals surface area contributed by atoms with Crippen molar-refractivity contribution in [3.8, 4) is 0 Å². The van der Waals surface area contributed by atoms with Gasteiger partial charge in [-0.3, -0.25) is 0 Å². The molecule has 2 N–H and O–H groups in total. The summed E-state index contributed by atoms with van der Waals surface area (Å²) in [7, 11) is 2.15. The van der Waals surface area contributed by atoms with Gasteiger partial charge in [0, 0.05) is 24.2 Å². The van der Waals surface area contributed by atoms with Crippen LogP contribution < -0.4 is 5.73 Å². The minimum atomic E-state index is -0.241. The van der Waals surface area contributed by atoms with Crippen LogP contribution in [0.3, 0.4) is 0 Å². The van der Waals surface area contributed by atoms with Crippen LogP contribution in [0.15, 0.2) is 24.3 Å². The SMILES string of the molecule is CC(CN(C)C(C)C1CC1)C(N)c1ccccc1F. The Hall–Kier alpha value is -0.930. The number of rotatable bonds is 6.